The van der Waals surface area contributed by atoms with Crippen LogP contribution in [0.2, 0.25) is 5.02 Å². The number of hydrogen-bond acceptors (Lipinski definition) is 10. The lowest BCUT2D eigenvalue weighted by Gasteiger charge is -2.39. The van der Waals surface area contributed by atoms with E-state index in [0.29, 0.717) is 11.1 Å². The Kier molecular flexibility index (Phi) is 13.4. The highest BCUT2D eigenvalue weighted by Crippen LogP contribution is 2.64. The summed E-state index contributed by atoms with van der Waals surface area (Å²) in [6.07, 6.45) is 0. The third-order valence-electron chi connectivity index (χ3n) is 19.4. The second-order valence-corrected chi connectivity index (χ2v) is 28.4. The molecule has 3 fully saturated rings. The monoisotopic (exact) mass is 1160 g/mol. The van der Waals surface area contributed by atoms with Gasteiger partial charge in [0.15, 0.2) is 0 Å². The summed E-state index contributed by atoms with van der Waals surface area (Å²) in [5.41, 5.74) is 13.5. The molecule has 14 heteroatoms. The van der Waals surface area contributed by atoms with Crippen molar-refractivity contribution >= 4 is 61.7 Å². The Labute approximate surface area is 509 Å². The Bertz CT molecular complexity index is 3960. The van der Waals surface area contributed by atoms with Crippen molar-refractivity contribution < 1.29 is 27.9 Å². The van der Waals surface area contributed by atoms with Crippen LogP contribution in [-0.2, 0) is 38.8 Å². The molecule has 8 nitrogen and oxygen atoms in total. The van der Waals surface area contributed by atoms with E-state index in [0.717, 1.165) is 21.6 Å². The molecule has 7 aliphatic rings. The van der Waals surface area contributed by atoms with Gasteiger partial charge in [-0.25, -0.2) is 0 Å². The number of benzene rings is 8. The van der Waals surface area contributed by atoms with Gasteiger partial charge in [0, 0.05) is 24.6 Å². The largest absolute Gasteiger partial charge is 0.494 e. The molecule has 5 heterocycles. The minimum atomic E-state index is -0.532. The van der Waals surface area contributed by atoms with E-state index >= 15 is 0 Å². The predicted molar refractivity (Wildman–Crippen MR) is 338 cm³/mol. The van der Waals surface area contributed by atoms with Crippen molar-refractivity contribution in [2.24, 2.45) is 0 Å². The standard InChI is InChI=1S/C32H26BNO2S.C26H14ClNS.C12H24B2O4/c1-30(2)31(3,4)36-33(35-30)21-14-16-23-22-15-13-20(19-34)17-26(22)32(27(23)18-21)24-9-5-7-11-28(24)37-29-12-8-6-10-25(29)32;27-17-10-12-19-18-11-9-16(15-28)13-22(18)26(23(19)14-17)20-5-1-3-7-24(20)29-25-8-4-2-6-21(25)26;1-9(2)10(3,4)16-13(15-9)14-17-11(5,6)12(7,8)18-14/h5-18H,1-4H3;1-14H;1-8H3. The maximum atomic E-state index is 9.86. The van der Waals surface area contributed by atoms with Gasteiger partial charge in [-0.3, -0.25) is 0 Å². The second-order valence-electron chi connectivity index (χ2n) is 25.8. The third kappa shape index (κ3) is 8.51. The first-order chi connectivity index (χ1) is 39.9. The minimum Gasteiger partial charge on any atom is -0.405 e. The van der Waals surface area contributed by atoms with E-state index in [9.17, 15) is 10.5 Å². The Balaban J connectivity index is 0.000000125. The van der Waals surface area contributed by atoms with Crippen LogP contribution in [0.1, 0.15) is 139 Å². The van der Waals surface area contributed by atoms with Gasteiger partial charge in [-0.2, -0.15) is 10.5 Å². The van der Waals surface area contributed by atoms with Crippen molar-refractivity contribution in [2.75, 3.05) is 0 Å². The molecule has 0 radical (unpaired) electrons. The first-order valence-electron chi connectivity index (χ1n) is 28.7. The molecule has 0 N–H and O–H groups in total. The zero-order valence-corrected chi connectivity index (χ0v) is 51.8. The summed E-state index contributed by atoms with van der Waals surface area (Å²) >= 11 is 10.1. The van der Waals surface area contributed by atoms with Gasteiger partial charge in [0.05, 0.1) is 67.7 Å². The molecule has 8 aromatic carbocycles. The van der Waals surface area contributed by atoms with E-state index in [1.54, 1.807) is 0 Å². The van der Waals surface area contributed by atoms with Gasteiger partial charge in [-0.1, -0.05) is 144 Å². The van der Waals surface area contributed by atoms with Crippen LogP contribution in [0.4, 0.5) is 0 Å². The van der Waals surface area contributed by atoms with Gasteiger partial charge in [-0.15, -0.1) is 0 Å². The van der Waals surface area contributed by atoms with Crippen LogP contribution in [0, 0.1) is 22.7 Å². The van der Waals surface area contributed by atoms with Crippen LogP contribution >= 0.6 is 35.1 Å². The second kappa shape index (κ2) is 19.9. The van der Waals surface area contributed by atoms with Crippen molar-refractivity contribution in [3.63, 3.8) is 0 Å². The maximum absolute atomic E-state index is 9.86. The quantitative estimate of drug-likeness (QED) is 0.156. The fourth-order valence-corrected chi connectivity index (χ4v) is 15.6. The number of fused-ring (bicyclic) bond motifs is 18. The molecule has 15 rings (SSSR count). The number of rotatable bonds is 2. The fraction of sp³-hybridized carbons (Fsp3) is 0.286. The SMILES string of the molecule is CC1(C)OB(B2OC(C)(C)C(C)(C)O2)OC1(C)C.CC1(C)OB(c2ccc3c(c2)C2(c4ccccc4Sc4ccccc42)c2cc(C#N)ccc2-3)OC1(C)C.N#Cc1ccc2c(c1)C1(c3ccccc3Sc3ccccc31)c1cc(Cl)ccc1-2. The van der Waals surface area contributed by atoms with Crippen molar-refractivity contribution in [3.05, 3.63) is 231 Å². The van der Waals surface area contributed by atoms with Gasteiger partial charge < -0.3 is 27.9 Å². The Morgan fingerprint density at radius 3 is 1.00 bits per heavy atom. The molecule has 0 bridgehead atoms. The van der Waals surface area contributed by atoms with Crippen molar-refractivity contribution in [1.29, 1.82) is 10.5 Å². The fourth-order valence-electron chi connectivity index (χ4n) is 13.1. The van der Waals surface area contributed by atoms with E-state index in [1.807, 2.05) is 97.1 Å². The molecule has 0 saturated carbocycles. The zero-order valence-electron chi connectivity index (χ0n) is 49.4. The van der Waals surface area contributed by atoms with Crippen LogP contribution in [0.3, 0.4) is 0 Å². The average molecular weight is 1160 g/mol. The molecule has 2 spiro atoms. The van der Waals surface area contributed by atoms with E-state index in [4.69, 9.17) is 39.5 Å². The molecule has 8 aromatic rings. The lowest BCUT2D eigenvalue weighted by Crippen LogP contribution is -2.41. The van der Waals surface area contributed by atoms with Gasteiger partial charge in [0.2, 0.25) is 0 Å². The van der Waals surface area contributed by atoms with E-state index in [2.05, 4.69) is 191 Å². The molecule has 0 amide bonds. The summed E-state index contributed by atoms with van der Waals surface area (Å²) < 4.78 is 36.8. The molecule has 418 valence electrons. The van der Waals surface area contributed by atoms with Gasteiger partial charge >= 0.3 is 21.1 Å². The maximum Gasteiger partial charge on any atom is 0.494 e. The topological polar surface area (TPSA) is 103 Å². The predicted octanol–water partition coefficient (Wildman–Crippen LogP) is 16.0. The molecule has 0 atom stereocenters. The van der Waals surface area contributed by atoms with Crippen LogP contribution in [0.5, 0.6) is 0 Å². The highest BCUT2D eigenvalue weighted by molar-refractivity contribution is 7.99. The number of nitrogens with zero attached hydrogens (tertiary/aromatic N) is 2. The lowest BCUT2D eigenvalue weighted by molar-refractivity contribution is 0.00578. The molecule has 84 heavy (non-hydrogen) atoms. The van der Waals surface area contributed by atoms with Crippen molar-refractivity contribution in [3.8, 4) is 34.4 Å². The third-order valence-corrected chi connectivity index (χ3v) is 22.0. The summed E-state index contributed by atoms with van der Waals surface area (Å²) in [4.78, 5) is 4.96. The summed E-state index contributed by atoms with van der Waals surface area (Å²) in [6, 6.07) is 64.3. The summed E-state index contributed by atoms with van der Waals surface area (Å²) in [5, 5.41) is 20.2. The molecule has 5 aliphatic heterocycles. The molecular formula is C70H64B3ClN2O6S2. The first kappa shape index (κ1) is 56.8. The molecule has 0 aromatic heterocycles. The molecule has 2 aliphatic carbocycles. The van der Waals surface area contributed by atoms with E-state index in [1.165, 1.54) is 75.2 Å². The Morgan fingerprint density at radius 2 is 0.643 bits per heavy atom. The molecule has 3 saturated heterocycles. The van der Waals surface area contributed by atoms with Crippen LogP contribution in [0.25, 0.3) is 22.3 Å². The number of halogens is 1. The van der Waals surface area contributed by atoms with Gasteiger partial charge in [-0.05, 0) is 216 Å². The smallest absolute Gasteiger partial charge is 0.405 e. The minimum absolute atomic E-state index is 0.360. The van der Waals surface area contributed by atoms with Crippen molar-refractivity contribution in [1.82, 2.24) is 0 Å². The van der Waals surface area contributed by atoms with E-state index < -0.39 is 43.2 Å². The highest BCUT2D eigenvalue weighted by atomic mass is 35.5. The van der Waals surface area contributed by atoms with Crippen LogP contribution in [0.15, 0.2) is 189 Å². The lowest BCUT2D eigenvalue weighted by atomic mass is 9.49. The van der Waals surface area contributed by atoms with Gasteiger partial charge in [0.25, 0.3) is 0 Å². The van der Waals surface area contributed by atoms with Crippen LogP contribution < -0.4 is 5.46 Å². The Hall–Kier alpha value is -6.32. The van der Waals surface area contributed by atoms with Gasteiger partial charge in [0.1, 0.15) is 0 Å². The first-order valence-corrected chi connectivity index (χ1v) is 30.7. The zero-order chi connectivity index (χ0) is 59.1. The summed E-state index contributed by atoms with van der Waals surface area (Å²) in [6.45, 7) is 24.6. The normalized spacial score (nSPS) is 20.2. The van der Waals surface area contributed by atoms with Crippen LogP contribution in [-0.4, -0.2) is 54.7 Å². The molecular weight excluding hydrogens is 1100 g/mol. The highest BCUT2D eigenvalue weighted by Gasteiger charge is 2.64. The average Bonchev–Trinajstić information content (AvgIpc) is 1.53. The van der Waals surface area contributed by atoms with E-state index in [-0.39, 0.29) is 22.4 Å². The Morgan fingerprint density at radius 1 is 0.345 bits per heavy atom. The number of nitriles is 2. The summed E-state index contributed by atoms with van der Waals surface area (Å²) in [5.74, 6) is 0. The number of hydrogen-bond donors (Lipinski definition) is 0. The van der Waals surface area contributed by atoms with Crippen molar-refractivity contribution in [2.45, 2.75) is 147 Å². The summed E-state index contributed by atoms with van der Waals surface area (Å²) in [7, 11) is -1.40. The molecule has 0 unspecified atom stereocenters.